The van der Waals surface area contributed by atoms with Crippen molar-refractivity contribution in [2.75, 3.05) is 0 Å². The molecule has 4 nitrogen and oxygen atoms in total. The number of aromatic amines is 1. The number of benzene rings is 1. The molecule has 0 unspecified atom stereocenters. The van der Waals surface area contributed by atoms with E-state index in [0.29, 0.717) is 11.6 Å². The van der Waals surface area contributed by atoms with Crippen LogP contribution in [0.3, 0.4) is 0 Å². The van der Waals surface area contributed by atoms with E-state index in [4.69, 9.17) is 11.6 Å². The highest BCUT2D eigenvalue weighted by Crippen LogP contribution is 2.21. The number of pyridine rings is 1. The molecule has 3 aromatic rings. The molecule has 2 N–H and O–H groups in total. The molecule has 0 saturated carbocycles. The van der Waals surface area contributed by atoms with E-state index in [9.17, 15) is 4.79 Å². The van der Waals surface area contributed by atoms with Crippen LogP contribution in [0.25, 0.3) is 17.1 Å². The first kappa shape index (κ1) is 14.4. The molecule has 0 aliphatic heterocycles. The van der Waals surface area contributed by atoms with Gasteiger partial charge in [-0.2, -0.15) is 0 Å². The van der Waals surface area contributed by atoms with Crippen LogP contribution in [0.2, 0.25) is 5.02 Å². The van der Waals surface area contributed by atoms with E-state index in [1.807, 2.05) is 36.4 Å². The van der Waals surface area contributed by atoms with Crippen LogP contribution in [0.15, 0.2) is 54.9 Å². The Kier molecular flexibility index (Phi) is 4.21. The maximum absolute atomic E-state index is 11.9. The van der Waals surface area contributed by atoms with Crippen LogP contribution >= 0.6 is 11.6 Å². The molecule has 0 bridgehead atoms. The van der Waals surface area contributed by atoms with Crippen molar-refractivity contribution in [3.63, 3.8) is 0 Å². The number of carbonyl (C=O) groups excluding carboxylic acids is 1. The molecule has 2 heterocycles. The third-order valence-electron chi connectivity index (χ3n) is 3.25. The van der Waals surface area contributed by atoms with Gasteiger partial charge in [-0.3, -0.25) is 4.79 Å². The third-order valence-corrected chi connectivity index (χ3v) is 3.46. The molecular weight excluding hydrogens is 298 g/mol. The van der Waals surface area contributed by atoms with Crippen molar-refractivity contribution in [2.24, 2.45) is 0 Å². The first-order valence-electron chi connectivity index (χ1n) is 6.85. The topological polar surface area (TPSA) is 57.8 Å². The lowest BCUT2D eigenvalue weighted by Crippen LogP contribution is -2.20. The van der Waals surface area contributed by atoms with Crippen LogP contribution in [0.4, 0.5) is 0 Å². The van der Waals surface area contributed by atoms with Crippen LogP contribution in [-0.2, 0) is 11.3 Å². The molecule has 0 atom stereocenters. The number of rotatable bonds is 4. The molecule has 2 aromatic heterocycles. The molecule has 0 saturated heterocycles. The summed E-state index contributed by atoms with van der Waals surface area (Å²) in [6.45, 7) is 0.505. The Labute approximate surface area is 132 Å². The number of hydrogen-bond donors (Lipinski definition) is 2. The molecule has 3 rings (SSSR count). The van der Waals surface area contributed by atoms with Crippen molar-refractivity contribution in [1.82, 2.24) is 15.3 Å². The minimum atomic E-state index is -0.145. The Morgan fingerprint density at radius 2 is 2.14 bits per heavy atom. The maximum atomic E-state index is 11.9. The quantitative estimate of drug-likeness (QED) is 0.724. The van der Waals surface area contributed by atoms with Gasteiger partial charge in [-0.1, -0.05) is 41.9 Å². The molecule has 110 valence electrons. The second kappa shape index (κ2) is 6.45. The number of amides is 1. The normalized spacial score (nSPS) is 11.1. The molecule has 0 fully saturated rings. The molecule has 1 aromatic carbocycles. The van der Waals surface area contributed by atoms with Gasteiger partial charge in [0.1, 0.15) is 5.65 Å². The van der Waals surface area contributed by atoms with E-state index >= 15 is 0 Å². The standard InChI is InChI=1S/C17H14ClN3O/c18-14-8-15-13(10-20-17(15)21-11-14)6-7-16(22)19-9-12-4-2-1-3-5-12/h1-8,10-11H,9H2,(H,19,22)(H,20,21)/b7-6+. The van der Waals surface area contributed by atoms with Crippen LogP contribution in [0.5, 0.6) is 0 Å². The van der Waals surface area contributed by atoms with Gasteiger partial charge in [-0.05, 0) is 17.7 Å². The Hall–Kier alpha value is -2.59. The Morgan fingerprint density at radius 3 is 2.95 bits per heavy atom. The number of carbonyl (C=O) groups is 1. The summed E-state index contributed by atoms with van der Waals surface area (Å²) in [4.78, 5) is 19.1. The summed E-state index contributed by atoms with van der Waals surface area (Å²) < 4.78 is 0. The van der Waals surface area contributed by atoms with E-state index < -0.39 is 0 Å². The van der Waals surface area contributed by atoms with Gasteiger partial charge in [0.05, 0.1) is 5.02 Å². The Bertz CT molecular complexity index is 824. The Morgan fingerprint density at radius 1 is 1.32 bits per heavy atom. The predicted molar refractivity (Wildman–Crippen MR) is 88.4 cm³/mol. The fourth-order valence-electron chi connectivity index (χ4n) is 2.15. The van der Waals surface area contributed by atoms with Crippen molar-refractivity contribution in [3.05, 3.63) is 71.0 Å². The zero-order valence-electron chi connectivity index (χ0n) is 11.7. The first-order chi connectivity index (χ1) is 10.7. The predicted octanol–water partition coefficient (Wildman–Crippen LogP) is 3.55. The average molecular weight is 312 g/mol. The summed E-state index contributed by atoms with van der Waals surface area (Å²) in [5, 5.41) is 4.30. The summed E-state index contributed by atoms with van der Waals surface area (Å²) in [6.07, 6.45) is 6.64. The van der Waals surface area contributed by atoms with Gasteiger partial charge in [-0.15, -0.1) is 0 Å². The first-order valence-corrected chi connectivity index (χ1v) is 7.22. The average Bonchev–Trinajstić information content (AvgIpc) is 2.94. The molecular formula is C17H14ClN3O. The van der Waals surface area contributed by atoms with Gasteiger partial charge in [0.25, 0.3) is 0 Å². The molecule has 22 heavy (non-hydrogen) atoms. The van der Waals surface area contributed by atoms with Gasteiger partial charge in [0.2, 0.25) is 5.91 Å². The summed E-state index contributed by atoms with van der Waals surface area (Å²) in [5.41, 5.74) is 2.68. The van der Waals surface area contributed by atoms with Gasteiger partial charge in [0.15, 0.2) is 0 Å². The number of hydrogen-bond acceptors (Lipinski definition) is 2. The minimum absolute atomic E-state index is 0.145. The molecule has 0 spiro atoms. The summed E-state index contributed by atoms with van der Waals surface area (Å²) in [6, 6.07) is 11.6. The van der Waals surface area contributed by atoms with E-state index in [2.05, 4.69) is 15.3 Å². The number of halogens is 1. The summed E-state index contributed by atoms with van der Waals surface area (Å²) >= 11 is 5.95. The van der Waals surface area contributed by atoms with Crippen LogP contribution < -0.4 is 5.32 Å². The molecule has 1 amide bonds. The van der Waals surface area contributed by atoms with Crippen molar-refractivity contribution >= 4 is 34.6 Å². The number of fused-ring (bicyclic) bond motifs is 1. The zero-order chi connectivity index (χ0) is 15.4. The van der Waals surface area contributed by atoms with E-state index in [1.165, 1.54) is 6.08 Å². The number of nitrogens with one attached hydrogen (secondary N) is 2. The highest BCUT2D eigenvalue weighted by atomic mass is 35.5. The van der Waals surface area contributed by atoms with E-state index in [1.54, 1.807) is 18.5 Å². The maximum Gasteiger partial charge on any atom is 0.244 e. The molecule has 0 radical (unpaired) electrons. The Balaban J connectivity index is 1.67. The monoisotopic (exact) mass is 311 g/mol. The lowest BCUT2D eigenvalue weighted by atomic mass is 10.2. The van der Waals surface area contributed by atoms with Crippen molar-refractivity contribution < 1.29 is 4.79 Å². The molecule has 0 aliphatic carbocycles. The SMILES string of the molecule is O=C(/C=C/c1c[nH]c2ncc(Cl)cc12)NCc1ccccc1. The van der Waals surface area contributed by atoms with Gasteiger partial charge in [0, 0.05) is 36.0 Å². The fraction of sp³-hybridized carbons (Fsp3) is 0.0588. The fourth-order valence-corrected chi connectivity index (χ4v) is 2.30. The zero-order valence-corrected chi connectivity index (χ0v) is 12.5. The number of H-pyrrole nitrogens is 1. The highest BCUT2D eigenvalue weighted by Gasteiger charge is 2.03. The smallest absolute Gasteiger partial charge is 0.244 e. The van der Waals surface area contributed by atoms with Crippen LogP contribution in [-0.4, -0.2) is 15.9 Å². The summed E-state index contributed by atoms with van der Waals surface area (Å²) in [7, 11) is 0. The largest absolute Gasteiger partial charge is 0.348 e. The van der Waals surface area contributed by atoms with Crippen molar-refractivity contribution in [1.29, 1.82) is 0 Å². The van der Waals surface area contributed by atoms with Gasteiger partial charge < -0.3 is 10.3 Å². The van der Waals surface area contributed by atoms with Gasteiger partial charge in [-0.25, -0.2) is 4.98 Å². The number of nitrogens with zero attached hydrogens (tertiary/aromatic N) is 1. The third kappa shape index (κ3) is 3.35. The van der Waals surface area contributed by atoms with Gasteiger partial charge >= 0.3 is 0 Å². The van der Waals surface area contributed by atoms with Crippen LogP contribution in [0, 0.1) is 0 Å². The highest BCUT2D eigenvalue weighted by molar-refractivity contribution is 6.31. The molecule has 0 aliphatic rings. The number of aromatic nitrogens is 2. The lowest BCUT2D eigenvalue weighted by molar-refractivity contribution is -0.116. The van der Waals surface area contributed by atoms with Crippen molar-refractivity contribution in [3.8, 4) is 0 Å². The second-order valence-corrected chi connectivity index (χ2v) is 5.27. The summed E-state index contributed by atoms with van der Waals surface area (Å²) in [5.74, 6) is -0.145. The molecule has 5 heteroatoms. The second-order valence-electron chi connectivity index (χ2n) is 4.83. The lowest BCUT2D eigenvalue weighted by Gasteiger charge is -2.01. The van der Waals surface area contributed by atoms with E-state index in [-0.39, 0.29) is 5.91 Å². The van der Waals surface area contributed by atoms with E-state index in [0.717, 1.165) is 22.2 Å². The van der Waals surface area contributed by atoms with Crippen molar-refractivity contribution in [2.45, 2.75) is 6.54 Å². The minimum Gasteiger partial charge on any atom is -0.348 e. The van der Waals surface area contributed by atoms with Crippen LogP contribution in [0.1, 0.15) is 11.1 Å².